The first-order chi connectivity index (χ1) is 11.7. The smallest absolute Gasteiger partial charge is 0.217 e. The third kappa shape index (κ3) is 3.91. The first kappa shape index (κ1) is 16.4. The van der Waals surface area contributed by atoms with Gasteiger partial charge in [0.1, 0.15) is 0 Å². The number of guanidine groups is 1. The molecule has 7 heteroatoms. The van der Waals surface area contributed by atoms with Crippen molar-refractivity contribution in [1.82, 2.24) is 10.4 Å². The summed E-state index contributed by atoms with van der Waals surface area (Å²) in [6.07, 6.45) is 0. The molecule has 1 heterocycles. The number of aryl methyl sites for hydroxylation is 1. The summed E-state index contributed by atoms with van der Waals surface area (Å²) in [7, 11) is 0. The predicted molar refractivity (Wildman–Crippen MR) is 102 cm³/mol. The molecular weight excluding hydrogens is 342 g/mol. The molecule has 2 aromatic carbocycles. The zero-order valence-corrected chi connectivity index (χ0v) is 14.5. The summed E-state index contributed by atoms with van der Waals surface area (Å²) in [5.41, 5.74) is 6.39. The summed E-state index contributed by atoms with van der Waals surface area (Å²) in [5, 5.41) is 6.19. The van der Waals surface area contributed by atoms with Crippen molar-refractivity contribution >= 4 is 39.7 Å². The van der Waals surface area contributed by atoms with Gasteiger partial charge in [-0.05, 0) is 19.1 Å². The number of para-hydroxylation sites is 1. The topological polar surface area (TPSA) is 75.3 Å². The van der Waals surface area contributed by atoms with Crippen LogP contribution in [0.3, 0.4) is 0 Å². The Morgan fingerprint density at radius 1 is 1.17 bits per heavy atom. The largest absolute Gasteiger partial charge is 0.324 e. The van der Waals surface area contributed by atoms with Gasteiger partial charge >= 0.3 is 0 Å². The summed E-state index contributed by atoms with van der Waals surface area (Å²) in [6, 6.07) is 15.6. The van der Waals surface area contributed by atoms with Gasteiger partial charge in [-0.15, -0.1) is 11.3 Å². The maximum absolute atomic E-state index is 6.13. The van der Waals surface area contributed by atoms with Gasteiger partial charge in [0.15, 0.2) is 0 Å². The van der Waals surface area contributed by atoms with Gasteiger partial charge < -0.3 is 5.32 Å². The SMILES string of the molecule is Cc1ccc(-c2csc(/N=C(\NN)Nc3ccccc3Cl)n2)cc1. The lowest BCUT2D eigenvalue weighted by Crippen LogP contribution is -2.36. The number of rotatable bonds is 3. The molecule has 0 aliphatic rings. The summed E-state index contributed by atoms with van der Waals surface area (Å²) in [6.45, 7) is 2.06. The van der Waals surface area contributed by atoms with Crippen LogP contribution in [-0.2, 0) is 0 Å². The number of hydrazine groups is 1. The maximum atomic E-state index is 6.13. The maximum Gasteiger partial charge on any atom is 0.217 e. The zero-order chi connectivity index (χ0) is 16.9. The summed E-state index contributed by atoms with van der Waals surface area (Å²) in [4.78, 5) is 8.92. The van der Waals surface area contributed by atoms with E-state index in [1.54, 1.807) is 6.07 Å². The number of aromatic nitrogens is 1. The lowest BCUT2D eigenvalue weighted by molar-refractivity contribution is 1.02. The fraction of sp³-hybridized carbons (Fsp3) is 0.0588. The van der Waals surface area contributed by atoms with E-state index >= 15 is 0 Å². The van der Waals surface area contributed by atoms with Crippen LogP contribution < -0.4 is 16.6 Å². The van der Waals surface area contributed by atoms with Crippen molar-refractivity contribution in [3.63, 3.8) is 0 Å². The van der Waals surface area contributed by atoms with Crippen molar-refractivity contribution in [1.29, 1.82) is 0 Å². The molecule has 3 rings (SSSR count). The van der Waals surface area contributed by atoms with E-state index in [-0.39, 0.29) is 0 Å². The fourth-order valence-corrected chi connectivity index (χ4v) is 2.94. The van der Waals surface area contributed by atoms with Crippen LogP contribution in [-0.4, -0.2) is 10.9 Å². The Labute approximate surface area is 149 Å². The fourth-order valence-electron chi connectivity index (χ4n) is 2.05. The first-order valence-corrected chi connectivity index (χ1v) is 8.51. The van der Waals surface area contributed by atoms with Crippen LogP contribution >= 0.6 is 22.9 Å². The van der Waals surface area contributed by atoms with Crippen molar-refractivity contribution in [2.24, 2.45) is 10.8 Å². The Morgan fingerprint density at radius 3 is 2.62 bits per heavy atom. The van der Waals surface area contributed by atoms with Crippen LogP contribution in [0.15, 0.2) is 58.9 Å². The van der Waals surface area contributed by atoms with E-state index in [1.165, 1.54) is 16.9 Å². The number of hydrogen-bond donors (Lipinski definition) is 3. The van der Waals surface area contributed by atoms with Gasteiger partial charge in [-0.2, -0.15) is 4.99 Å². The second-order valence-corrected chi connectivity index (χ2v) is 6.33. The Hall–Kier alpha value is -2.41. The molecule has 3 aromatic rings. The number of thiazole rings is 1. The number of anilines is 1. The van der Waals surface area contributed by atoms with Crippen LogP contribution in [0.2, 0.25) is 5.02 Å². The number of benzene rings is 2. The van der Waals surface area contributed by atoms with E-state index in [0.717, 1.165) is 11.3 Å². The second-order valence-electron chi connectivity index (χ2n) is 5.09. The average molecular weight is 358 g/mol. The molecule has 0 saturated heterocycles. The summed E-state index contributed by atoms with van der Waals surface area (Å²) in [5.74, 6) is 5.91. The van der Waals surface area contributed by atoms with Crippen molar-refractivity contribution in [3.05, 3.63) is 64.5 Å². The van der Waals surface area contributed by atoms with Gasteiger partial charge in [0.25, 0.3) is 0 Å². The molecule has 24 heavy (non-hydrogen) atoms. The third-order valence-corrected chi connectivity index (χ3v) is 4.37. The van der Waals surface area contributed by atoms with Crippen LogP contribution in [0.1, 0.15) is 5.56 Å². The Bertz CT molecular complexity index is 857. The molecule has 0 aliphatic heterocycles. The van der Waals surface area contributed by atoms with Gasteiger partial charge in [-0.3, -0.25) is 5.43 Å². The molecule has 4 N–H and O–H groups in total. The highest BCUT2D eigenvalue weighted by molar-refractivity contribution is 7.13. The van der Waals surface area contributed by atoms with E-state index < -0.39 is 0 Å². The molecule has 0 bridgehead atoms. The number of nitrogens with two attached hydrogens (primary N) is 1. The predicted octanol–water partition coefficient (Wildman–Crippen LogP) is 4.33. The zero-order valence-electron chi connectivity index (χ0n) is 13.0. The Morgan fingerprint density at radius 2 is 1.92 bits per heavy atom. The van der Waals surface area contributed by atoms with Gasteiger partial charge in [-0.25, -0.2) is 10.8 Å². The normalized spacial score (nSPS) is 11.4. The quantitative estimate of drug-likeness (QED) is 0.282. The standard InChI is InChI=1S/C17H16ClN5S/c1-11-6-8-12(9-7-11)15-10-24-17(21-15)22-16(23-19)20-14-5-3-2-4-13(14)18/h2-10H,19H2,1H3,(H2,20,21,22,23). The molecule has 0 radical (unpaired) electrons. The average Bonchev–Trinajstić information content (AvgIpc) is 3.05. The molecule has 0 unspecified atom stereocenters. The van der Waals surface area contributed by atoms with Gasteiger partial charge in [0.05, 0.1) is 16.4 Å². The molecule has 0 atom stereocenters. The molecule has 1 aromatic heterocycles. The monoisotopic (exact) mass is 357 g/mol. The summed E-state index contributed by atoms with van der Waals surface area (Å²) < 4.78 is 0. The van der Waals surface area contributed by atoms with Crippen molar-refractivity contribution in [2.75, 3.05) is 5.32 Å². The number of halogens is 1. The van der Waals surface area contributed by atoms with Crippen LogP contribution in [0.5, 0.6) is 0 Å². The second kappa shape index (κ2) is 7.44. The molecule has 0 aliphatic carbocycles. The minimum atomic E-state index is 0.368. The van der Waals surface area contributed by atoms with Gasteiger partial charge in [0.2, 0.25) is 11.1 Å². The number of aliphatic imine (C=N–C) groups is 1. The van der Waals surface area contributed by atoms with Crippen LogP contribution in [0.25, 0.3) is 11.3 Å². The first-order valence-electron chi connectivity index (χ1n) is 7.25. The van der Waals surface area contributed by atoms with Crippen molar-refractivity contribution in [2.45, 2.75) is 6.92 Å². The molecule has 122 valence electrons. The molecule has 0 fully saturated rings. The van der Waals surface area contributed by atoms with E-state index in [2.05, 4.69) is 39.8 Å². The van der Waals surface area contributed by atoms with Gasteiger partial charge in [0, 0.05) is 10.9 Å². The van der Waals surface area contributed by atoms with Gasteiger partial charge in [-0.1, -0.05) is 53.6 Å². The molecule has 0 saturated carbocycles. The van der Waals surface area contributed by atoms with Crippen molar-refractivity contribution in [3.8, 4) is 11.3 Å². The lowest BCUT2D eigenvalue weighted by Gasteiger charge is -2.09. The van der Waals surface area contributed by atoms with Crippen LogP contribution in [0, 0.1) is 6.92 Å². The van der Waals surface area contributed by atoms with E-state index in [1.807, 2.05) is 35.7 Å². The Kier molecular flexibility index (Phi) is 5.10. The van der Waals surface area contributed by atoms with E-state index in [0.29, 0.717) is 21.8 Å². The highest BCUT2D eigenvalue weighted by atomic mass is 35.5. The number of nitrogens with zero attached hydrogens (tertiary/aromatic N) is 2. The highest BCUT2D eigenvalue weighted by Crippen LogP contribution is 2.27. The molecule has 0 spiro atoms. The minimum Gasteiger partial charge on any atom is -0.324 e. The van der Waals surface area contributed by atoms with E-state index in [9.17, 15) is 0 Å². The molecular formula is C17H16ClN5S. The third-order valence-electron chi connectivity index (χ3n) is 3.31. The van der Waals surface area contributed by atoms with Crippen LogP contribution in [0.4, 0.5) is 10.8 Å². The Balaban J connectivity index is 1.81. The van der Waals surface area contributed by atoms with E-state index in [4.69, 9.17) is 17.4 Å². The van der Waals surface area contributed by atoms with Crippen molar-refractivity contribution < 1.29 is 0 Å². The number of hydrogen-bond acceptors (Lipinski definition) is 4. The summed E-state index contributed by atoms with van der Waals surface area (Å²) >= 11 is 7.57. The lowest BCUT2D eigenvalue weighted by atomic mass is 10.1. The molecule has 0 amide bonds. The molecule has 5 nitrogen and oxygen atoms in total. The minimum absolute atomic E-state index is 0.368. The number of nitrogens with one attached hydrogen (secondary N) is 2. The highest BCUT2D eigenvalue weighted by Gasteiger charge is 2.07.